The number of urea groups is 1. The molecule has 4 amide bonds. The summed E-state index contributed by atoms with van der Waals surface area (Å²) in [6.07, 6.45) is 0.512. The molecule has 1 aliphatic carbocycles. The zero-order valence-corrected chi connectivity index (χ0v) is 16.5. The van der Waals surface area contributed by atoms with Gasteiger partial charge in [-0.1, -0.05) is 12.1 Å². The molecule has 0 aromatic heterocycles. The average molecular weight is 401 g/mol. The van der Waals surface area contributed by atoms with Crippen molar-refractivity contribution in [1.82, 2.24) is 10.2 Å². The lowest BCUT2D eigenvalue weighted by Gasteiger charge is -2.21. The Morgan fingerprint density at radius 3 is 2.55 bits per heavy atom. The number of imide groups is 1. The molecule has 1 heterocycles. The van der Waals surface area contributed by atoms with Crippen LogP contribution < -0.4 is 10.6 Å². The second-order valence-electron chi connectivity index (χ2n) is 7.52. The highest BCUT2D eigenvalue weighted by atomic mass is 16.5. The Bertz CT molecular complexity index is 894. The maximum Gasteiger partial charge on any atom is 0.327 e. The molecule has 1 aromatic carbocycles. The van der Waals surface area contributed by atoms with Crippen LogP contribution in [0.2, 0.25) is 0 Å². The van der Waals surface area contributed by atoms with Gasteiger partial charge in [-0.25, -0.2) is 4.79 Å². The number of nitrogens with zero attached hydrogens (tertiary/aromatic N) is 1. The van der Waals surface area contributed by atoms with Crippen molar-refractivity contribution in [2.45, 2.75) is 45.3 Å². The third-order valence-corrected chi connectivity index (χ3v) is 5.22. The summed E-state index contributed by atoms with van der Waals surface area (Å²) in [6, 6.07) is 5.82. The summed E-state index contributed by atoms with van der Waals surface area (Å²) in [4.78, 5) is 61.6. The van der Waals surface area contributed by atoms with Gasteiger partial charge in [-0.2, -0.15) is 0 Å². The number of carbonyl (C=O) groups is 5. The number of hydrogen-bond acceptors (Lipinski definition) is 6. The van der Waals surface area contributed by atoms with Crippen LogP contribution in [-0.2, 0) is 19.1 Å². The first-order valence-electron chi connectivity index (χ1n) is 9.38. The molecule has 2 aliphatic rings. The number of hydrogen-bond donors (Lipinski definition) is 2. The van der Waals surface area contributed by atoms with Crippen molar-refractivity contribution in [3.63, 3.8) is 0 Å². The lowest BCUT2D eigenvalue weighted by atomic mass is 9.96. The van der Waals surface area contributed by atoms with Gasteiger partial charge in [-0.3, -0.25) is 24.1 Å². The minimum Gasteiger partial charge on any atom is -0.451 e. The van der Waals surface area contributed by atoms with Crippen LogP contribution in [0.5, 0.6) is 0 Å². The summed E-state index contributed by atoms with van der Waals surface area (Å²) in [5.74, 6) is -2.12. The fourth-order valence-electron chi connectivity index (χ4n) is 3.35. The fourth-order valence-corrected chi connectivity index (χ4v) is 3.35. The van der Waals surface area contributed by atoms with Crippen molar-refractivity contribution >= 4 is 35.3 Å². The molecule has 9 heteroatoms. The van der Waals surface area contributed by atoms with Gasteiger partial charge in [0.1, 0.15) is 12.1 Å². The number of benzene rings is 1. The quantitative estimate of drug-likeness (QED) is 0.405. The standard InChI is InChI=1S/C20H23N3O6/c1-11(24)14-6-4-5-7-15(14)21-17(26)12(2)29-16(25)10-23-18(27)20(3,13-8-9-13)22-19(23)28/h4-7,12-13H,8-10H2,1-3H3,(H,21,26)(H,22,28)/t12-,20-/m1/s1. The molecule has 2 N–H and O–H groups in total. The Labute approximate surface area is 167 Å². The van der Waals surface area contributed by atoms with E-state index in [2.05, 4.69) is 10.6 Å². The predicted molar refractivity (Wildman–Crippen MR) is 102 cm³/mol. The van der Waals surface area contributed by atoms with Gasteiger partial charge in [0.05, 0.1) is 5.69 Å². The number of esters is 1. The van der Waals surface area contributed by atoms with Crippen molar-refractivity contribution < 1.29 is 28.7 Å². The summed E-state index contributed by atoms with van der Waals surface area (Å²) in [5, 5.41) is 5.19. The first-order chi connectivity index (χ1) is 13.6. The van der Waals surface area contributed by atoms with Gasteiger partial charge in [-0.05, 0) is 51.7 Å². The SMILES string of the molecule is CC(=O)c1ccccc1NC(=O)[C@@H](C)OC(=O)CN1C(=O)N[C@](C)(C2CC2)C1=O. The van der Waals surface area contributed by atoms with E-state index in [1.165, 1.54) is 13.8 Å². The Morgan fingerprint density at radius 2 is 1.93 bits per heavy atom. The number of Topliss-reactive ketones (excluding diaryl/α,β-unsaturated/α-hetero) is 1. The van der Waals surface area contributed by atoms with Gasteiger partial charge < -0.3 is 15.4 Å². The molecule has 1 aromatic rings. The normalized spacial score (nSPS) is 22.1. The van der Waals surface area contributed by atoms with Crippen LogP contribution in [0, 0.1) is 5.92 Å². The van der Waals surface area contributed by atoms with E-state index in [1.54, 1.807) is 31.2 Å². The Morgan fingerprint density at radius 1 is 1.28 bits per heavy atom. The fraction of sp³-hybridized carbons (Fsp3) is 0.450. The van der Waals surface area contributed by atoms with Crippen LogP contribution in [0.1, 0.15) is 44.0 Å². The number of amides is 4. The molecule has 2 atom stereocenters. The van der Waals surface area contributed by atoms with E-state index in [9.17, 15) is 24.0 Å². The minimum atomic E-state index is -1.18. The number of rotatable bonds is 7. The third-order valence-electron chi connectivity index (χ3n) is 5.22. The predicted octanol–water partition coefficient (Wildman–Crippen LogP) is 1.48. The molecule has 9 nitrogen and oxygen atoms in total. The number of nitrogens with one attached hydrogen (secondary N) is 2. The number of anilines is 1. The molecule has 0 radical (unpaired) electrons. The van der Waals surface area contributed by atoms with Crippen LogP contribution in [0.4, 0.5) is 10.5 Å². The average Bonchev–Trinajstić information content (AvgIpc) is 3.48. The summed E-state index contributed by atoms with van der Waals surface area (Å²) < 4.78 is 5.08. The van der Waals surface area contributed by atoms with Gasteiger partial charge in [0, 0.05) is 5.56 Å². The molecule has 29 heavy (non-hydrogen) atoms. The van der Waals surface area contributed by atoms with E-state index in [-0.39, 0.29) is 11.7 Å². The molecule has 1 saturated heterocycles. The third kappa shape index (κ3) is 4.13. The van der Waals surface area contributed by atoms with Crippen LogP contribution in [0.3, 0.4) is 0 Å². The van der Waals surface area contributed by atoms with E-state index in [1.807, 2.05) is 0 Å². The van der Waals surface area contributed by atoms with Gasteiger partial charge in [0.15, 0.2) is 11.9 Å². The molecule has 0 spiro atoms. The zero-order chi connectivity index (χ0) is 21.3. The lowest BCUT2D eigenvalue weighted by molar-refractivity contribution is -0.155. The van der Waals surface area contributed by atoms with Crippen molar-refractivity contribution in [2.75, 3.05) is 11.9 Å². The maximum absolute atomic E-state index is 12.5. The highest BCUT2D eigenvalue weighted by Gasteiger charge is 2.56. The topological polar surface area (TPSA) is 122 Å². The number of para-hydroxylation sites is 1. The van der Waals surface area contributed by atoms with Gasteiger partial charge >= 0.3 is 12.0 Å². The molecule has 0 bridgehead atoms. The van der Waals surface area contributed by atoms with E-state index >= 15 is 0 Å². The molecule has 1 aliphatic heterocycles. The highest BCUT2D eigenvalue weighted by Crippen LogP contribution is 2.42. The monoisotopic (exact) mass is 401 g/mol. The van der Waals surface area contributed by atoms with Gasteiger partial charge in [0.2, 0.25) is 0 Å². The summed E-state index contributed by atoms with van der Waals surface area (Å²) in [6.45, 7) is 3.82. The van der Waals surface area contributed by atoms with Crippen LogP contribution >= 0.6 is 0 Å². The van der Waals surface area contributed by atoms with E-state index in [4.69, 9.17) is 4.74 Å². The van der Waals surface area contributed by atoms with Gasteiger partial charge in [-0.15, -0.1) is 0 Å². The Hall–Kier alpha value is -3.23. The van der Waals surface area contributed by atoms with Crippen molar-refractivity contribution in [2.24, 2.45) is 5.92 Å². The second kappa shape index (κ2) is 7.65. The molecular formula is C20H23N3O6. The molecule has 3 rings (SSSR count). The number of ketones is 1. The van der Waals surface area contributed by atoms with Crippen molar-refractivity contribution in [1.29, 1.82) is 0 Å². The summed E-state index contributed by atoms with van der Waals surface area (Å²) >= 11 is 0. The molecular weight excluding hydrogens is 378 g/mol. The van der Waals surface area contributed by atoms with Crippen LogP contribution in [-0.4, -0.2) is 52.7 Å². The Balaban J connectivity index is 1.58. The second-order valence-corrected chi connectivity index (χ2v) is 7.52. The first-order valence-corrected chi connectivity index (χ1v) is 9.38. The molecule has 154 valence electrons. The zero-order valence-electron chi connectivity index (χ0n) is 16.5. The highest BCUT2D eigenvalue weighted by molar-refractivity contribution is 6.09. The van der Waals surface area contributed by atoms with Gasteiger partial charge in [0.25, 0.3) is 11.8 Å². The van der Waals surface area contributed by atoms with E-state index in [0.29, 0.717) is 11.3 Å². The smallest absolute Gasteiger partial charge is 0.327 e. The Kier molecular flexibility index (Phi) is 5.41. The number of ether oxygens (including phenoxy) is 1. The summed E-state index contributed by atoms with van der Waals surface area (Å²) in [7, 11) is 0. The molecule has 0 unspecified atom stereocenters. The van der Waals surface area contributed by atoms with Crippen molar-refractivity contribution in [3.8, 4) is 0 Å². The largest absolute Gasteiger partial charge is 0.451 e. The van der Waals surface area contributed by atoms with E-state index in [0.717, 1.165) is 17.7 Å². The minimum absolute atomic E-state index is 0.0750. The van der Waals surface area contributed by atoms with Crippen molar-refractivity contribution in [3.05, 3.63) is 29.8 Å². The first kappa shape index (κ1) is 20.5. The molecule has 1 saturated carbocycles. The molecule has 2 fully saturated rings. The maximum atomic E-state index is 12.5. The van der Waals surface area contributed by atoms with E-state index < -0.39 is 42.0 Å². The number of carbonyl (C=O) groups excluding carboxylic acids is 5. The van der Waals surface area contributed by atoms with Crippen LogP contribution in [0.25, 0.3) is 0 Å². The summed E-state index contributed by atoms with van der Waals surface area (Å²) in [5.41, 5.74) is -0.350. The van der Waals surface area contributed by atoms with Crippen LogP contribution in [0.15, 0.2) is 24.3 Å². The lowest BCUT2D eigenvalue weighted by Crippen LogP contribution is -2.46.